The predicted molar refractivity (Wildman–Crippen MR) is 139 cm³/mol. The van der Waals surface area contributed by atoms with Crippen molar-refractivity contribution in [2.45, 2.75) is 44.1 Å². The van der Waals surface area contributed by atoms with Crippen molar-refractivity contribution in [3.63, 3.8) is 0 Å². The van der Waals surface area contributed by atoms with Gasteiger partial charge in [0.1, 0.15) is 11.4 Å². The molecule has 37 heavy (non-hydrogen) atoms. The summed E-state index contributed by atoms with van der Waals surface area (Å²) in [4.78, 5) is 7.01. The lowest BCUT2D eigenvalue weighted by atomic mass is 9.96. The summed E-state index contributed by atoms with van der Waals surface area (Å²) in [6.45, 7) is 6.75. The predicted octanol–water partition coefficient (Wildman–Crippen LogP) is 4.56. The second-order valence-electron chi connectivity index (χ2n) is 10.1. The van der Waals surface area contributed by atoms with Crippen LogP contribution in [-0.4, -0.2) is 79.4 Å². The molecule has 2 aromatic heterocycles. The molecule has 2 saturated heterocycles. The Morgan fingerprint density at radius 1 is 0.946 bits per heavy atom. The molecule has 198 valence electrons. The van der Waals surface area contributed by atoms with Gasteiger partial charge < -0.3 is 23.7 Å². The van der Waals surface area contributed by atoms with Crippen molar-refractivity contribution in [1.29, 1.82) is 0 Å². The van der Waals surface area contributed by atoms with Crippen molar-refractivity contribution in [3.8, 4) is 23.0 Å². The van der Waals surface area contributed by atoms with Gasteiger partial charge in [0.05, 0.1) is 44.7 Å². The van der Waals surface area contributed by atoms with Crippen molar-refractivity contribution < 1.29 is 23.7 Å². The lowest BCUT2D eigenvalue weighted by Gasteiger charge is -2.26. The highest BCUT2D eigenvalue weighted by atomic mass is 16.5. The normalized spacial score (nSPS) is 19.3. The number of morpholine rings is 1. The van der Waals surface area contributed by atoms with E-state index in [1.165, 1.54) is 12.8 Å². The van der Waals surface area contributed by atoms with Crippen LogP contribution < -0.4 is 14.2 Å². The van der Waals surface area contributed by atoms with E-state index in [4.69, 9.17) is 28.8 Å². The van der Waals surface area contributed by atoms with Gasteiger partial charge in [-0.05, 0) is 44.2 Å². The van der Waals surface area contributed by atoms with Gasteiger partial charge in [-0.1, -0.05) is 0 Å². The van der Waals surface area contributed by atoms with E-state index in [1.54, 1.807) is 13.3 Å². The van der Waals surface area contributed by atoms with Crippen molar-refractivity contribution in [3.05, 3.63) is 36.3 Å². The van der Waals surface area contributed by atoms with E-state index >= 15 is 0 Å². The Labute approximate surface area is 217 Å². The zero-order valence-corrected chi connectivity index (χ0v) is 21.6. The van der Waals surface area contributed by atoms with Gasteiger partial charge in [0, 0.05) is 56.4 Å². The molecule has 0 spiro atoms. The maximum Gasteiger partial charge on any atom is 0.168 e. The summed E-state index contributed by atoms with van der Waals surface area (Å²) < 4.78 is 31.5. The molecule has 3 fully saturated rings. The maximum absolute atomic E-state index is 6.56. The summed E-state index contributed by atoms with van der Waals surface area (Å²) in [6.07, 6.45) is 9.09. The Morgan fingerprint density at radius 2 is 1.76 bits per heavy atom. The number of benzene rings is 1. The Bertz CT molecular complexity index is 1200. The average molecular weight is 509 g/mol. The minimum atomic E-state index is 0.351. The topological polar surface area (TPSA) is 80.1 Å². The molecular formula is C28H36N4O5. The van der Waals surface area contributed by atoms with Crippen LogP contribution in [0.25, 0.3) is 10.9 Å². The van der Waals surface area contributed by atoms with Crippen molar-refractivity contribution in [2.24, 2.45) is 0 Å². The van der Waals surface area contributed by atoms with E-state index in [-0.39, 0.29) is 0 Å². The Hall–Kier alpha value is -2.88. The summed E-state index contributed by atoms with van der Waals surface area (Å²) in [5.74, 6) is 3.30. The number of hydrogen-bond donors (Lipinski definition) is 0. The van der Waals surface area contributed by atoms with Gasteiger partial charge in [0.25, 0.3) is 0 Å². The molecule has 0 atom stereocenters. The maximum atomic E-state index is 6.56. The second kappa shape index (κ2) is 11.2. The van der Waals surface area contributed by atoms with E-state index in [2.05, 4.69) is 20.8 Å². The third-order valence-corrected chi connectivity index (χ3v) is 7.44. The number of nitrogens with zero attached hydrogens (tertiary/aromatic N) is 4. The van der Waals surface area contributed by atoms with Gasteiger partial charge in [-0.3, -0.25) is 14.6 Å². The van der Waals surface area contributed by atoms with Crippen LogP contribution in [0.1, 0.15) is 49.8 Å². The number of fused-ring (bicyclic) bond motifs is 1. The van der Waals surface area contributed by atoms with Crippen LogP contribution in [-0.2, 0) is 9.47 Å². The van der Waals surface area contributed by atoms with Crippen LogP contribution in [0.3, 0.4) is 0 Å². The standard InChI is InChI=1S/C28H36N4O5/c1-33-25-17-22-23(18-26(25)36-12-2-9-31-10-15-35-16-11-31)29-8-5-24(22)37-27-19-32(21-3-4-21)30-28(27)20-6-13-34-14-7-20/h5,8,17-21H,2-4,6-7,9-16H2,1H3. The van der Waals surface area contributed by atoms with E-state index in [9.17, 15) is 0 Å². The minimum Gasteiger partial charge on any atom is -0.493 e. The summed E-state index contributed by atoms with van der Waals surface area (Å²) in [7, 11) is 1.67. The number of hydrogen-bond acceptors (Lipinski definition) is 8. The lowest BCUT2D eigenvalue weighted by molar-refractivity contribution is 0.0357. The third-order valence-electron chi connectivity index (χ3n) is 7.44. The van der Waals surface area contributed by atoms with Crippen LogP contribution in [0, 0.1) is 0 Å². The second-order valence-corrected chi connectivity index (χ2v) is 10.1. The fourth-order valence-corrected chi connectivity index (χ4v) is 5.15. The highest BCUT2D eigenvalue weighted by Crippen LogP contribution is 2.42. The Kier molecular flexibility index (Phi) is 7.43. The lowest BCUT2D eigenvalue weighted by Crippen LogP contribution is -2.37. The fraction of sp³-hybridized carbons (Fsp3) is 0.571. The molecule has 1 aromatic carbocycles. The van der Waals surface area contributed by atoms with Crippen LogP contribution in [0.15, 0.2) is 30.6 Å². The highest BCUT2D eigenvalue weighted by Gasteiger charge is 2.30. The molecule has 0 bridgehead atoms. The molecule has 0 N–H and O–H groups in total. The molecule has 1 aliphatic carbocycles. The van der Waals surface area contributed by atoms with Crippen molar-refractivity contribution in [2.75, 3.05) is 59.8 Å². The van der Waals surface area contributed by atoms with Gasteiger partial charge in [-0.25, -0.2) is 0 Å². The molecule has 0 unspecified atom stereocenters. The molecule has 0 radical (unpaired) electrons. The molecule has 1 saturated carbocycles. The smallest absolute Gasteiger partial charge is 0.168 e. The first-order valence-electron chi connectivity index (χ1n) is 13.5. The van der Waals surface area contributed by atoms with E-state index in [0.29, 0.717) is 30.1 Å². The third kappa shape index (κ3) is 5.68. The van der Waals surface area contributed by atoms with Crippen molar-refractivity contribution in [1.82, 2.24) is 19.7 Å². The number of pyridine rings is 1. The minimum absolute atomic E-state index is 0.351. The molecule has 6 rings (SSSR count). The van der Waals surface area contributed by atoms with E-state index in [0.717, 1.165) is 93.4 Å². The van der Waals surface area contributed by atoms with E-state index in [1.807, 2.05) is 18.2 Å². The van der Waals surface area contributed by atoms with Gasteiger partial charge >= 0.3 is 0 Å². The zero-order valence-electron chi connectivity index (χ0n) is 21.6. The Balaban J connectivity index is 1.21. The van der Waals surface area contributed by atoms with Crippen LogP contribution in [0.4, 0.5) is 0 Å². The molecule has 3 aromatic rings. The monoisotopic (exact) mass is 508 g/mol. The first-order valence-corrected chi connectivity index (χ1v) is 13.5. The van der Waals surface area contributed by atoms with Gasteiger partial charge in [-0.15, -0.1) is 0 Å². The number of rotatable bonds is 10. The highest BCUT2D eigenvalue weighted by molar-refractivity contribution is 5.88. The molecule has 9 nitrogen and oxygen atoms in total. The molecular weight excluding hydrogens is 472 g/mol. The molecule has 2 aliphatic heterocycles. The van der Waals surface area contributed by atoms with Gasteiger partial charge in [0.2, 0.25) is 0 Å². The van der Waals surface area contributed by atoms with Crippen LogP contribution in [0.5, 0.6) is 23.0 Å². The fourth-order valence-electron chi connectivity index (χ4n) is 5.15. The van der Waals surface area contributed by atoms with Crippen molar-refractivity contribution >= 4 is 10.9 Å². The summed E-state index contributed by atoms with van der Waals surface area (Å²) >= 11 is 0. The molecule has 9 heteroatoms. The SMILES string of the molecule is COc1cc2c(Oc3cn(C4CC4)nc3C3CCOCC3)ccnc2cc1OCCCN1CCOCC1. The molecule has 4 heterocycles. The molecule has 0 amide bonds. The summed E-state index contributed by atoms with van der Waals surface area (Å²) in [5, 5.41) is 5.85. The molecule has 3 aliphatic rings. The Morgan fingerprint density at radius 3 is 2.54 bits per heavy atom. The van der Waals surface area contributed by atoms with E-state index < -0.39 is 0 Å². The summed E-state index contributed by atoms with van der Waals surface area (Å²) in [6, 6.07) is 6.32. The first-order chi connectivity index (χ1) is 18.3. The first kappa shape index (κ1) is 24.5. The van der Waals surface area contributed by atoms with Gasteiger partial charge in [-0.2, -0.15) is 5.10 Å². The quantitative estimate of drug-likeness (QED) is 0.369. The largest absolute Gasteiger partial charge is 0.493 e. The van der Waals surface area contributed by atoms with Gasteiger partial charge in [0.15, 0.2) is 17.2 Å². The van der Waals surface area contributed by atoms with Crippen LogP contribution in [0.2, 0.25) is 0 Å². The average Bonchev–Trinajstić information content (AvgIpc) is 3.72. The summed E-state index contributed by atoms with van der Waals surface area (Å²) in [5.41, 5.74) is 1.84. The number of ether oxygens (including phenoxy) is 5. The zero-order chi connectivity index (χ0) is 25.0. The number of aromatic nitrogens is 3. The number of methoxy groups -OCH3 is 1. The van der Waals surface area contributed by atoms with Crippen LogP contribution >= 0.6 is 0 Å².